The minimum absolute atomic E-state index is 0.123. The molecule has 1 heterocycles. The third kappa shape index (κ3) is 4.85. The molecule has 0 spiro atoms. The second-order valence-corrected chi connectivity index (χ2v) is 5.52. The average Bonchev–Trinajstić information content (AvgIpc) is 2.35. The van der Waals surface area contributed by atoms with Crippen LogP contribution in [0, 0.1) is 5.92 Å². The molecule has 2 rings (SSSR count). The molecule has 1 aliphatic rings. The smallest absolute Gasteiger partial charge is 0.220 e. The number of amides is 1. The van der Waals surface area contributed by atoms with E-state index in [0.29, 0.717) is 18.9 Å². The third-order valence-corrected chi connectivity index (χ3v) is 3.21. The summed E-state index contributed by atoms with van der Waals surface area (Å²) in [6.45, 7) is 6.15. The SMILES string of the molecule is CC(C)Oc1ccc(CCNC(=O)CC2COC2)cc1. The minimum Gasteiger partial charge on any atom is -0.491 e. The van der Waals surface area contributed by atoms with E-state index < -0.39 is 0 Å². The summed E-state index contributed by atoms with van der Waals surface area (Å²) in [5.74, 6) is 1.43. The molecule has 1 fully saturated rings. The van der Waals surface area contributed by atoms with E-state index in [0.717, 1.165) is 25.4 Å². The Morgan fingerprint density at radius 2 is 2.05 bits per heavy atom. The van der Waals surface area contributed by atoms with Crippen molar-refractivity contribution in [3.63, 3.8) is 0 Å². The summed E-state index contributed by atoms with van der Waals surface area (Å²) in [5.41, 5.74) is 1.20. The molecule has 1 amide bonds. The van der Waals surface area contributed by atoms with E-state index >= 15 is 0 Å². The maximum atomic E-state index is 11.6. The van der Waals surface area contributed by atoms with Crippen LogP contribution in [0.2, 0.25) is 0 Å². The number of benzene rings is 1. The molecule has 20 heavy (non-hydrogen) atoms. The molecule has 1 aliphatic heterocycles. The summed E-state index contributed by atoms with van der Waals surface area (Å²) in [7, 11) is 0. The van der Waals surface area contributed by atoms with E-state index in [-0.39, 0.29) is 12.0 Å². The number of rotatable bonds is 7. The first-order valence-corrected chi connectivity index (χ1v) is 7.23. The maximum Gasteiger partial charge on any atom is 0.220 e. The van der Waals surface area contributed by atoms with Gasteiger partial charge in [0.25, 0.3) is 0 Å². The first-order valence-electron chi connectivity index (χ1n) is 7.23. The van der Waals surface area contributed by atoms with Crippen LogP contribution in [0.3, 0.4) is 0 Å². The molecule has 4 heteroatoms. The van der Waals surface area contributed by atoms with Crippen LogP contribution in [0.4, 0.5) is 0 Å². The van der Waals surface area contributed by atoms with Crippen LogP contribution >= 0.6 is 0 Å². The molecule has 0 saturated carbocycles. The monoisotopic (exact) mass is 277 g/mol. The molecule has 4 nitrogen and oxygen atoms in total. The largest absolute Gasteiger partial charge is 0.491 e. The van der Waals surface area contributed by atoms with Gasteiger partial charge in [0, 0.05) is 18.9 Å². The summed E-state index contributed by atoms with van der Waals surface area (Å²) in [5, 5.41) is 2.95. The van der Waals surface area contributed by atoms with Gasteiger partial charge < -0.3 is 14.8 Å². The number of carbonyl (C=O) groups excluding carboxylic acids is 1. The van der Waals surface area contributed by atoms with Crippen LogP contribution < -0.4 is 10.1 Å². The zero-order chi connectivity index (χ0) is 14.4. The van der Waals surface area contributed by atoms with Gasteiger partial charge in [-0.1, -0.05) is 12.1 Å². The molecule has 0 unspecified atom stereocenters. The van der Waals surface area contributed by atoms with Crippen molar-refractivity contribution in [3.8, 4) is 5.75 Å². The number of ether oxygens (including phenoxy) is 2. The molecule has 1 N–H and O–H groups in total. The topological polar surface area (TPSA) is 47.6 Å². The number of hydrogen-bond acceptors (Lipinski definition) is 3. The third-order valence-electron chi connectivity index (χ3n) is 3.21. The Morgan fingerprint density at radius 3 is 2.60 bits per heavy atom. The zero-order valence-electron chi connectivity index (χ0n) is 12.2. The number of nitrogens with one attached hydrogen (secondary N) is 1. The van der Waals surface area contributed by atoms with Crippen molar-refractivity contribution in [2.75, 3.05) is 19.8 Å². The summed E-state index contributed by atoms with van der Waals surface area (Å²) < 4.78 is 10.6. The van der Waals surface area contributed by atoms with Crippen molar-refractivity contribution in [1.82, 2.24) is 5.32 Å². The van der Waals surface area contributed by atoms with Crippen LogP contribution in [0.5, 0.6) is 5.75 Å². The van der Waals surface area contributed by atoms with E-state index in [1.807, 2.05) is 38.1 Å². The summed E-state index contributed by atoms with van der Waals surface area (Å²) in [4.78, 5) is 11.6. The molecule has 1 saturated heterocycles. The summed E-state index contributed by atoms with van der Waals surface area (Å²) in [6, 6.07) is 8.04. The standard InChI is InChI=1S/C16H23NO3/c1-12(2)20-15-5-3-13(4-6-15)7-8-17-16(18)9-14-10-19-11-14/h3-6,12,14H,7-11H2,1-2H3,(H,17,18). The Kier molecular flexibility index (Phi) is 5.41. The minimum atomic E-state index is 0.123. The molecule has 1 aromatic rings. The van der Waals surface area contributed by atoms with E-state index in [4.69, 9.17) is 9.47 Å². The van der Waals surface area contributed by atoms with E-state index in [1.54, 1.807) is 0 Å². The molecular weight excluding hydrogens is 254 g/mol. The van der Waals surface area contributed by atoms with Gasteiger partial charge in [-0.05, 0) is 38.0 Å². The molecule has 0 atom stereocenters. The average molecular weight is 277 g/mol. The lowest BCUT2D eigenvalue weighted by atomic mass is 10.0. The van der Waals surface area contributed by atoms with Crippen LogP contribution in [0.15, 0.2) is 24.3 Å². The summed E-state index contributed by atoms with van der Waals surface area (Å²) in [6.07, 6.45) is 1.62. The molecule has 110 valence electrons. The second-order valence-electron chi connectivity index (χ2n) is 5.52. The molecule has 0 aliphatic carbocycles. The van der Waals surface area contributed by atoms with Crippen molar-refractivity contribution in [2.24, 2.45) is 5.92 Å². The van der Waals surface area contributed by atoms with Crippen molar-refractivity contribution >= 4 is 5.91 Å². The lowest BCUT2D eigenvalue weighted by Gasteiger charge is -2.25. The Hall–Kier alpha value is -1.55. The Bertz CT molecular complexity index is 424. The van der Waals surface area contributed by atoms with Crippen molar-refractivity contribution in [3.05, 3.63) is 29.8 Å². The fraction of sp³-hybridized carbons (Fsp3) is 0.562. The van der Waals surface area contributed by atoms with Gasteiger partial charge in [-0.15, -0.1) is 0 Å². The second kappa shape index (κ2) is 7.29. The van der Waals surface area contributed by atoms with Crippen LogP contribution in [0.25, 0.3) is 0 Å². The van der Waals surface area contributed by atoms with E-state index in [9.17, 15) is 4.79 Å². The highest BCUT2D eigenvalue weighted by molar-refractivity contribution is 5.76. The Labute approximate surface area is 120 Å². The van der Waals surface area contributed by atoms with Gasteiger partial charge in [0.2, 0.25) is 5.91 Å². The normalized spacial score (nSPS) is 14.9. The number of carbonyl (C=O) groups is 1. The quantitative estimate of drug-likeness (QED) is 0.831. The first-order chi connectivity index (χ1) is 9.63. The Morgan fingerprint density at radius 1 is 1.35 bits per heavy atom. The van der Waals surface area contributed by atoms with E-state index in [1.165, 1.54) is 5.56 Å². The van der Waals surface area contributed by atoms with Crippen LogP contribution in [0.1, 0.15) is 25.8 Å². The van der Waals surface area contributed by atoms with Gasteiger partial charge in [-0.2, -0.15) is 0 Å². The van der Waals surface area contributed by atoms with Gasteiger partial charge in [0.1, 0.15) is 5.75 Å². The fourth-order valence-corrected chi connectivity index (χ4v) is 2.09. The molecule has 0 bridgehead atoms. The Balaban J connectivity index is 1.66. The van der Waals surface area contributed by atoms with Gasteiger partial charge in [0.05, 0.1) is 19.3 Å². The van der Waals surface area contributed by atoms with Crippen molar-refractivity contribution < 1.29 is 14.3 Å². The van der Waals surface area contributed by atoms with Gasteiger partial charge in [-0.3, -0.25) is 4.79 Å². The first kappa shape index (κ1) is 14.9. The maximum absolute atomic E-state index is 11.6. The predicted molar refractivity (Wildman–Crippen MR) is 77.8 cm³/mol. The molecule has 0 aromatic heterocycles. The molecule has 1 aromatic carbocycles. The lowest BCUT2D eigenvalue weighted by Crippen LogP contribution is -2.35. The van der Waals surface area contributed by atoms with Crippen molar-refractivity contribution in [1.29, 1.82) is 0 Å². The number of hydrogen-bond donors (Lipinski definition) is 1. The fourth-order valence-electron chi connectivity index (χ4n) is 2.09. The zero-order valence-corrected chi connectivity index (χ0v) is 12.2. The molecular formula is C16H23NO3. The van der Waals surface area contributed by atoms with Gasteiger partial charge in [-0.25, -0.2) is 0 Å². The summed E-state index contributed by atoms with van der Waals surface area (Å²) >= 11 is 0. The highest BCUT2D eigenvalue weighted by Crippen LogP contribution is 2.15. The highest BCUT2D eigenvalue weighted by atomic mass is 16.5. The lowest BCUT2D eigenvalue weighted by molar-refractivity contribution is -0.126. The van der Waals surface area contributed by atoms with Gasteiger partial charge in [0.15, 0.2) is 0 Å². The van der Waals surface area contributed by atoms with Crippen LogP contribution in [-0.4, -0.2) is 31.8 Å². The predicted octanol–water partition coefficient (Wildman–Crippen LogP) is 2.17. The van der Waals surface area contributed by atoms with Crippen LogP contribution in [-0.2, 0) is 16.0 Å². The van der Waals surface area contributed by atoms with Crippen molar-refractivity contribution in [2.45, 2.75) is 32.8 Å². The molecule has 0 radical (unpaired) electrons. The van der Waals surface area contributed by atoms with E-state index in [2.05, 4.69) is 5.32 Å². The highest BCUT2D eigenvalue weighted by Gasteiger charge is 2.21. The van der Waals surface area contributed by atoms with Gasteiger partial charge >= 0.3 is 0 Å².